The van der Waals surface area contributed by atoms with Crippen LogP contribution >= 0.6 is 0 Å². The molecule has 1 aromatic rings. The van der Waals surface area contributed by atoms with E-state index in [4.69, 9.17) is 9.47 Å². The summed E-state index contributed by atoms with van der Waals surface area (Å²) < 4.78 is 11.4. The molecule has 0 aromatic heterocycles. The Morgan fingerprint density at radius 3 is 1.63 bits per heavy atom. The summed E-state index contributed by atoms with van der Waals surface area (Å²) >= 11 is 0. The van der Waals surface area contributed by atoms with Crippen LogP contribution in [-0.2, 0) is 10.8 Å². The highest BCUT2D eigenvalue weighted by atomic mass is 16.5. The lowest BCUT2D eigenvalue weighted by Gasteiger charge is -2.28. The Morgan fingerprint density at radius 1 is 0.842 bits per heavy atom. The Labute approximate surface area is 118 Å². The molecule has 1 aromatic carbocycles. The van der Waals surface area contributed by atoms with Gasteiger partial charge in [-0.1, -0.05) is 41.5 Å². The summed E-state index contributed by atoms with van der Waals surface area (Å²) in [7, 11) is 1.73. The van der Waals surface area contributed by atoms with Gasteiger partial charge in [-0.15, -0.1) is 0 Å². The third kappa shape index (κ3) is 3.65. The van der Waals surface area contributed by atoms with Gasteiger partial charge in [0.05, 0.1) is 13.7 Å². The summed E-state index contributed by atoms with van der Waals surface area (Å²) in [6.07, 6.45) is 0. The molecule has 0 aliphatic rings. The van der Waals surface area contributed by atoms with Gasteiger partial charge in [0.15, 0.2) is 0 Å². The minimum Gasteiger partial charge on any atom is -0.496 e. The molecule has 0 saturated heterocycles. The van der Waals surface area contributed by atoms with E-state index in [1.54, 1.807) is 7.11 Å². The molecule has 0 amide bonds. The highest BCUT2D eigenvalue weighted by molar-refractivity contribution is 5.51. The normalized spacial score (nSPS) is 12.4. The first-order chi connectivity index (χ1) is 8.61. The van der Waals surface area contributed by atoms with Crippen molar-refractivity contribution in [1.82, 2.24) is 0 Å². The van der Waals surface area contributed by atoms with E-state index in [-0.39, 0.29) is 10.8 Å². The Hall–Kier alpha value is -1.18. The molecule has 0 spiro atoms. The lowest BCUT2D eigenvalue weighted by molar-refractivity contribution is 0.325. The topological polar surface area (TPSA) is 18.5 Å². The highest BCUT2D eigenvalue weighted by Gasteiger charge is 2.26. The molecule has 0 fully saturated rings. The van der Waals surface area contributed by atoms with Crippen molar-refractivity contribution < 1.29 is 9.47 Å². The van der Waals surface area contributed by atoms with Crippen LogP contribution in [0.3, 0.4) is 0 Å². The number of methoxy groups -OCH3 is 1. The Balaban J connectivity index is 3.51. The molecular formula is C17H28O2. The fraction of sp³-hybridized carbons (Fsp3) is 0.647. The zero-order valence-corrected chi connectivity index (χ0v) is 13.7. The van der Waals surface area contributed by atoms with Gasteiger partial charge in [0.25, 0.3) is 0 Å². The summed E-state index contributed by atoms with van der Waals surface area (Å²) in [5.41, 5.74) is 2.45. The highest BCUT2D eigenvalue weighted by Crippen LogP contribution is 2.41. The predicted octanol–water partition coefficient (Wildman–Crippen LogP) is 4.69. The zero-order valence-electron chi connectivity index (χ0n) is 13.7. The molecule has 0 N–H and O–H groups in total. The van der Waals surface area contributed by atoms with Crippen molar-refractivity contribution in [3.8, 4) is 11.5 Å². The van der Waals surface area contributed by atoms with Crippen molar-refractivity contribution in [2.75, 3.05) is 13.7 Å². The molecule has 0 aliphatic carbocycles. The van der Waals surface area contributed by atoms with E-state index in [0.29, 0.717) is 6.61 Å². The van der Waals surface area contributed by atoms with E-state index in [9.17, 15) is 0 Å². The molecule has 0 aliphatic heterocycles. The minimum absolute atomic E-state index is 0.0353. The van der Waals surface area contributed by atoms with Gasteiger partial charge in [0.1, 0.15) is 11.5 Å². The summed E-state index contributed by atoms with van der Waals surface area (Å²) in [6.45, 7) is 15.9. The fourth-order valence-electron chi connectivity index (χ4n) is 2.18. The molecule has 0 unspecified atom stereocenters. The van der Waals surface area contributed by atoms with Crippen LogP contribution in [0.2, 0.25) is 0 Å². The maximum absolute atomic E-state index is 5.84. The molecule has 2 nitrogen and oxygen atoms in total. The van der Waals surface area contributed by atoms with Crippen molar-refractivity contribution in [2.24, 2.45) is 0 Å². The first-order valence-electron chi connectivity index (χ1n) is 6.97. The van der Waals surface area contributed by atoms with Crippen LogP contribution in [0.25, 0.3) is 0 Å². The lowest BCUT2D eigenvalue weighted by Crippen LogP contribution is -2.18. The van der Waals surface area contributed by atoms with Crippen LogP contribution in [0.5, 0.6) is 11.5 Å². The van der Waals surface area contributed by atoms with E-state index < -0.39 is 0 Å². The van der Waals surface area contributed by atoms with Crippen LogP contribution in [0.4, 0.5) is 0 Å². The van der Waals surface area contributed by atoms with Crippen molar-refractivity contribution >= 4 is 0 Å². The molecule has 0 saturated carbocycles. The van der Waals surface area contributed by atoms with Crippen LogP contribution in [0.1, 0.15) is 59.6 Å². The molecule has 19 heavy (non-hydrogen) atoms. The number of benzene rings is 1. The Morgan fingerprint density at radius 2 is 1.26 bits per heavy atom. The van der Waals surface area contributed by atoms with E-state index >= 15 is 0 Å². The number of ether oxygens (including phenoxy) is 2. The summed E-state index contributed by atoms with van der Waals surface area (Å²) in [6, 6.07) is 4.27. The van der Waals surface area contributed by atoms with Crippen molar-refractivity contribution in [3.05, 3.63) is 23.3 Å². The van der Waals surface area contributed by atoms with E-state index in [1.807, 2.05) is 6.92 Å². The Bertz CT molecular complexity index is 434. The van der Waals surface area contributed by atoms with Crippen LogP contribution in [-0.4, -0.2) is 13.7 Å². The van der Waals surface area contributed by atoms with E-state index in [1.165, 1.54) is 11.1 Å². The van der Waals surface area contributed by atoms with Crippen LogP contribution < -0.4 is 9.47 Å². The average molecular weight is 264 g/mol. The summed E-state index contributed by atoms with van der Waals surface area (Å²) in [4.78, 5) is 0. The molecule has 1 rings (SSSR count). The summed E-state index contributed by atoms with van der Waals surface area (Å²) in [5, 5.41) is 0. The molecule has 0 atom stereocenters. The second kappa shape index (κ2) is 5.44. The number of hydrogen-bond acceptors (Lipinski definition) is 2. The standard InChI is InChI=1S/C17H28O2/c1-9-19-15-11-12(16(2,3)4)14(18-8)10-13(15)17(5,6)7/h10-11H,9H2,1-8H3. The largest absolute Gasteiger partial charge is 0.496 e. The molecule has 0 radical (unpaired) electrons. The lowest BCUT2D eigenvalue weighted by atomic mass is 9.81. The van der Waals surface area contributed by atoms with E-state index in [0.717, 1.165) is 11.5 Å². The van der Waals surface area contributed by atoms with Gasteiger partial charge in [0, 0.05) is 11.1 Å². The Kier molecular flexibility index (Phi) is 4.54. The van der Waals surface area contributed by atoms with E-state index in [2.05, 4.69) is 53.7 Å². The second-order valence-electron chi connectivity index (χ2n) is 6.98. The maximum atomic E-state index is 5.84. The van der Waals surface area contributed by atoms with Gasteiger partial charge < -0.3 is 9.47 Å². The van der Waals surface area contributed by atoms with Crippen LogP contribution in [0, 0.1) is 0 Å². The third-order valence-electron chi connectivity index (χ3n) is 3.22. The summed E-state index contributed by atoms with van der Waals surface area (Å²) in [5.74, 6) is 1.92. The van der Waals surface area contributed by atoms with Gasteiger partial charge in [-0.25, -0.2) is 0 Å². The molecule has 0 heterocycles. The van der Waals surface area contributed by atoms with Crippen molar-refractivity contribution in [1.29, 1.82) is 0 Å². The average Bonchev–Trinajstić information content (AvgIpc) is 2.26. The first-order valence-corrected chi connectivity index (χ1v) is 6.97. The van der Waals surface area contributed by atoms with Gasteiger partial charge in [-0.3, -0.25) is 0 Å². The molecule has 0 bridgehead atoms. The molecule has 2 heteroatoms. The molecular weight excluding hydrogens is 236 g/mol. The number of hydrogen-bond donors (Lipinski definition) is 0. The van der Waals surface area contributed by atoms with Gasteiger partial charge in [0.2, 0.25) is 0 Å². The minimum atomic E-state index is 0.0353. The number of rotatable bonds is 3. The van der Waals surface area contributed by atoms with Gasteiger partial charge in [-0.05, 0) is 29.9 Å². The molecule has 108 valence electrons. The van der Waals surface area contributed by atoms with Crippen LogP contribution in [0.15, 0.2) is 12.1 Å². The third-order valence-corrected chi connectivity index (χ3v) is 3.22. The maximum Gasteiger partial charge on any atom is 0.123 e. The van der Waals surface area contributed by atoms with Crippen molar-refractivity contribution in [2.45, 2.75) is 59.3 Å². The van der Waals surface area contributed by atoms with Crippen molar-refractivity contribution in [3.63, 3.8) is 0 Å². The SMILES string of the molecule is CCOc1cc(C(C)(C)C)c(OC)cc1C(C)(C)C. The smallest absolute Gasteiger partial charge is 0.123 e. The predicted molar refractivity (Wildman–Crippen MR) is 81.6 cm³/mol. The zero-order chi connectivity index (χ0) is 14.8. The quantitative estimate of drug-likeness (QED) is 0.788. The monoisotopic (exact) mass is 264 g/mol. The first kappa shape index (κ1) is 15.9. The second-order valence-corrected chi connectivity index (χ2v) is 6.98. The van der Waals surface area contributed by atoms with Gasteiger partial charge in [-0.2, -0.15) is 0 Å². The fourth-order valence-corrected chi connectivity index (χ4v) is 2.18. The van der Waals surface area contributed by atoms with Gasteiger partial charge >= 0.3 is 0 Å².